The second kappa shape index (κ2) is 7.05. The molecule has 4 nitrogen and oxygen atoms in total. The summed E-state index contributed by atoms with van der Waals surface area (Å²) < 4.78 is 33.1. The number of methoxy groups -OCH3 is 1. The summed E-state index contributed by atoms with van der Waals surface area (Å²) in [6, 6.07) is 18.0. The molecule has 0 fully saturated rings. The summed E-state index contributed by atoms with van der Waals surface area (Å²) in [6.07, 6.45) is 0.658. The highest BCUT2D eigenvalue weighted by Gasteiger charge is 2.31. The van der Waals surface area contributed by atoms with Crippen molar-refractivity contribution in [1.29, 1.82) is 0 Å². The average molecular weight is 319 g/mol. The summed E-state index contributed by atoms with van der Waals surface area (Å²) in [5.41, 5.74) is 0.277. The Morgan fingerprint density at radius 2 is 1.55 bits per heavy atom. The van der Waals surface area contributed by atoms with Crippen LogP contribution >= 0.6 is 0 Å². The van der Waals surface area contributed by atoms with E-state index in [0.717, 1.165) is 5.56 Å². The Morgan fingerprint density at radius 3 is 2.05 bits per heavy atom. The van der Waals surface area contributed by atoms with Crippen LogP contribution in [0.5, 0.6) is 0 Å². The van der Waals surface area contributed by atoms with E-state index in [1.165, 1.54) is 0 Å². The van der Waals surface area contributed by atoms with Gasteiger partial charge in [0.1, 0.15) is 5.60 Å². The summed E-state index contributed by atoms with van der Waals surface area (Å²) in [5, 5.41) is 0. The standard InChI is InChI=1S/C17H21NO3S/c1-3-17(21-2,15-10-6-4-7-11-15)14-18-22(19,20)16-12-8-5-9-13-16/h4-13,18H,3,14H2,1-2H3. The number of nitrogens with one attached hydrogen (secondary N) is 1. The minimum absolute atomic E-state index is 0.182. The molecule has 0 aliphatic carbocycles. The third-order valence-electron chi connectivity index (χ3n) is 3.86. The fourth-order valence-corrected chi connectivity index (χ4v) is 3.51. The Morgan fingerprint density at radius 1 is 1.00 bits per heavy atom. The van der Waals surface area contributed by atoms with Crippen molar-refractivity contribution in [2.24, 2.45) is 0 Å². The zero-order valence-electron chi connectivity index (χ0n) is 12.8. The van der Waals surface area contributed by atoms with Gasteiger partial charge in [-0.1, -0.05) is 55.5 Å². The van der Waals surface area contributed by atoms with Gasteiger partial charge in [0.25, 0.3) is 0 Å². The second-order valence-corrected chi connectivity index (χ2v) is 6.82. The smallest absolute Gasteiger partial charge is 0.240 e. The molecule has 0 aliphatic heterocycles. The molecule has 0 radical (unpaired) electrons. The van der Waals surface area contributed by atoms with Gasteiger partial charge in [-0.15, -0.1) is 0 Å². The molecule has 2 rings (SSSR count). The summed E-state index contributed by atoms with van der Waals surface area (Å²) >= 11 is 0. The third kappa shape index (κ3) is 3.55. The Labute approximate surface area is 132 Å². The molecule has 0 saturated carbocycles. The molecule has 1 unspecified atom stereocenters. The van der Waals surface area contributed by atoms with Crippen LogP contribution in [-0.2, 0) is 20.4 Å². The van der Waals surface area contributed by atoms with E-state index in [-0.39, 0.29) is 11.4 Å². The van der Waals surface area contributed by atoms with E-state index < -0.39 is 15.6 Å². The van der Waals surface area contributed by atoms with E-state index in [2.05, 4.69) is 4.72 Å². The zero-order chi connectivity index (χ0) is 16.1. The molecule has 2 aromatic carbocycles. The van der Waals surface area contributed by atoms with Gasteiger partial charge in [0.15, 0.2) is 0 Å². The molecule has 5 heteroatoms. The highest BCUT2D eigenvalue weighted by Crippen LogP contribution is 2.28. The topological polar surface area (TPSA) is 55.4 Å². The van der Waals surface area contributed by atoms with E-state index in [9.17, 15) is 8.42 Å². The lowest BCUT2D eigenvalue weighted by Gasteiger charge is -2.32. The normalized spacial score (nSPS) is 14.5. The molecule has 1 N–H and O–H groups in total. The van der Waals surface area contributed by atoms with Gasteiger partial charge >= 0.3 is 0 Å². The molecular formula is C17H21NO3S. The van der Waals surface area contributed by atoms with Crippen LogP contribution in [-0.4, -0.2) is 22.1 Å². The molecule has 0 spiro atoms. The van der Waals surface area contributed by atoms with Crippen molar-refractivity contribution in [3.05, 3.63) is 66.2 Å². The molecule has 2 aromatic rings. The van der Waals surface area contributed by atoms with Gasteiger partial charge in [0.2, 0.25) is 10.0 Å². The van der Waals surface area contributed by atoms with Crippen molar-refractivity contribution in [1.82, 2.24) is 4.72 Å². The summed E-state index contributed by atoms with van der Waals surface area (Å²) in [4.78, 5) is 0.254. The van der Waals surface area contributed by atoms with Crippen LogP contribution in [0.2, 0.25) is 0 Å². The summed E-state index contributed by atoms with van der Waals surface area (Å²) in [5.74, 6) is 0. The number of rotatable bonds is 7. The van der Waals surface area contributed by atoms with Crippen molar-refractivity contribution >= 4 is 10.0 Å². The third-order valence-corrected chi connectivity index (χ3v) is 5.28. The molecule has 0 aliphatic rings. The van der Waals surface area contributed by atoms with Crippen molar-refractivity contribution in [2.45, 2.75) is 23.8 Å². The SMILES string of the molecule is CCC(CNS(=O)(=O)c1ccccc1)(OC)c1ccccc1. The van der Waals surface area contributed by atoms with Crippen molar-refractivity contribution in [2.75, 3.05) is 13.7 Å². The Hall–Kier alpha value is -1.69. The zero-order valence-corrected chi connectivity index (χ0v) is 13.6. The second-order valence-electron chi connectivity index (χ2n) is 5.06. The van der Waals surface area contributed by atoms with Gasteiger partial charge in [-0.3, -0.25) is 0 Å². The number of hydrogen-bond acceptors (Lipinski definition) is 3. The first-order valence-corrected chi connectivity index (χ1v) is 8.68. The minimum Gasteiger partial charge on any atom is -0.372 e. The maximum atomic E-state index is 12.4. The molecule has 0 heterocycles. The van der Waals surface area contributed by atoms with Crippen LogP contribution in [0.3, 0.4) is 0 Å². The highest BCUT2D eigenvalue weighted by atomic mass is 32.2. The number of ether oxygens (including phenoxy) is 1. The van der Waals surface area contributed by atoms with Crippen molar-refractivity contribution in [3.8, 4) is 0 Å². The predicted molar refractivity (Wildman–Crippen MR) is 87.1 cm³/mol. The van der Waals surface area contributed by atoms with Crippen LogP contribution < -0.4 is 4.72 Å². The van der Waals surface area contributed by atoms with Crippen LogP contribution in [0.25, 0.3) is 0 Å². The largest absolute Gasteiger partial charge is 0.372 e. The molecule has 0 bridgehead atoms. The summed E-state index contributed by atoms with van der Waals surface area (Å²) in [7, 11) is -1.95. The van der Waals surface area contributed by atoms with E-state index >= 15 is 0 Å². The van der Waals surface area contributed by atoms with E-state index in [1.54, 1.807) is 37.4 Å². The number of hydrogen-bond donors (Lipinski definition) is 1. The lowest BCUT2D eigenvalue weighted by atomic mass is 9.91. The van der Waals surface area contributed by atoms with Crippen molar-refractivity contribution in [3.63, 3.8) is 0 Å². The average Bonchev–Trinajstić information content (AvgIpc) is 2.58. The number of sulfonamides is 1. The first-order valence-electron chi connectivity index (χ1n) is 7.19. The maximum Gasteiger partial charge on any atom is 0.240 e. The predicted octanol–water partition coefficient (Wildman–Crippen LogP) is 2.92. The van der Waals surface area contributed by atoms with Gasteiger partial charge < -0.3 is 4.74 Å². The lowest BCUT2D eigenvalue weighted by molar-refractivity contribution is -0.0133. The highest BCUT2D eigenvalue weighted by molar-refractivity contribution is 7.89. The fourth-order valence-electron chi connectivity index (χ4n) is 2.40. The molecule has 22 heavy (non-hydrogen) atoms. The number of benzene rings is 2. The quantitative estimate of drug-likeness (QED) is 0.854. The Kier molecular flexibility index (Phi) is 5.34. The molecule has 0 aromatic heterocycles. The maximum absolute atomic E-state index is 12.4. The monoisotopic (exact) mass is 319 g/mol. The van der Waals surface area contributed by atoms with Crippen LogP contribution in [0.15, 0.2) is 65.6 Å². The van der Waals surface area contributed by atoms with Gasteiger partial charge in [-0.05, 0) is 24.1 Å². The van der Waals surface area contributed by atoms with Crippen LogP contribution in [0, 0.1) is 0 Å². The minimum atomic E-state index is -3.55. The first kappa shape index (κ1) is 16.7. The van der Waals surface area contributed by atoms with E-state index in [0.29, 0.717) is 6.42 Å². The molecular weight excluding hydrogens is 298 g/mol. The molecule has 0 saturated heterocycles. The van der Waals surface area contributed by atoms with Gasteiger partial charge in [-0.2, -0.15) is 0 Å². The van der Waals surface area contributed by atoms with Crippen LogP contribution in [0.4, 0.5) is 0 Å². The molecule has 118 valence electrons. The summed E-state index contributed by atoms with van der Waals surface area (Å²) in [6.45, 7) is 2.16. The lowest BCUT2D eigenvalue weighted by Crippen LogP contribution is -2.41. The molecule has 0 amide bonds. The molecule has 1 atom stereocenters. The first-order chi connectivity index (χ1) is 10.5. The van der Waals surface area contributed by atoms with Gasteiger partial charge in [-0.25, -0.2) is 13.1 Å². The van der Waals surface area contributed by atoms with E-state index in [1.807, 2.05) is 37.3 Å². The van der Waals surface area contributed by atoms with Crippen LogP contribution in [0.1, 0.15) is 18.9 Å². The van der Waals surface area contributed by atoms with E-state index in [4.69, 9.17) is 4.74 Å². The van der Waals surface area contributed by atoms with Gasteiger partial charge in [0, 0.05) is 13.7 Å². The van der Waals surface area contributed by atoms with Crippen molar-refractivity contribution < 1.29 is 13.2 Å². The Bertz CT molecular complexity index is 680. The van der Waals surface area contributed by atoms with Gasteiger partial charge in [0.05, 0.1) is 4.90 Å². The Balaban J connectivity index is 2.23. The fraction of sp³-hybridized carbons (Fsp3) is 0.294.